The van der Waals surface area contributed by atoms with Gasteiger partial charge in [-0.15, -0.1) is 11.8 Å². The number of ether oxygens (including phenoxy) is 1. The van der Waals surface area contributed by atoms with Crippen LogP contribution in [-0.4, -0.2) is 42.7 Å². The van der Waals surface area contributed by atoms with Gasteiger partial charge in [-0.05, 0) is 25.0 Å². The van der Waals surface area contributed by atoms with Crippen LogP contribution in [0.15, 0.2) is 35.2 Å². The Bertz CT molecular complexity index is 470. The number of methoxy groups -OCH3 is 1. The average molecular weight is 307 g/mol. The van der Waals surface area contributed by atoms with Crippen molar-refractivity contribution < 1.29 is 14.3 Å². The van der Waals surface area contributed by atoms with Crippen LogP contribution in [0, 0.1) is 5.92 Å². The van der Waals surface area contributed by atoms with Gasteiger partial charge in [0.25, 0.3) is 0 Å². The fourth-order valence-corrected chi connectivity index (χ4v) is 3.32. The van der Waals surface area contributed by atoms with Crippen LogP contribution in [0.4, 0.5) is 0 Å². The van der Waals surface area contributed by atoms with Crippen molar-refractivity contribution in [2.24, 2.45) is 5.92 Å². The van der Waals surface area contributed by atoms with Crippen LogP contribution in [-0.2, 0) is 14.3 Å². The number of amides is 1. The average Bonchev–Trinajstić information content (AvgIpc) is 2.55. The maximum absolute atomic E-state index is 12.1. The first-order valence-electron chi connectivity index (χ1n) is 7.24. The lowest BCUT2D eigenvalue weighted by Gasteiger charge is -2.30. The van der Waals surface area contributed by atoms with E-state index < -0.39 is 0 Å². The first kappa shape index (κ1) is 15.9. The minimum atomic E-state index is -0.151. The van der Waals surface area contributed by atoms with Crippen LogP contribution >= 0.6 is 11.8 Å². The predicted molar refractivity (Wildman–Crippen MR) is 83.1 cm³/mol. The van der Waals surface area contributed by atoms with Crippen LogP contribution in [0.1, 0.15) is 19.3 Å². The van der Waals surface area contributed by atoms with Gasteiger partial charge in [-0.2, -0.15) is 0 Å². The Hall–Kier alpha value is -1.49. The first-order valence-corrected chi connectivity index (χ1v) is 8.22. The lowest BCUT2D eigenvalue weighted by Crippen LogP contribution is -2.40. The predicted octanol–water partition coefficient (Wildman–Crippen LogP) is 2.58. The zero-order chi connectivity index (χ0) is 15.1. The fraction of sp³-hybridized carbons (Fsp3) is 0.500. The van der Waals surface area contributed by atoms with Gasteiger partial charge in [-0.25, -0.2) is 0 Å². The summed E-state index contributed by atoms with van der Waals surface area (Å²) in [5, 5.41) is 0. The SMILES string of the molecule is COC(=O)C1CCN(C(=O)CCSc2ccccc2)CC1. The van der Waals surface area contributed by atoms with Gasteiger partial charge in [-0.3, -0.25) is 9.59 Å². The minimum Gasteiger partial charge on any atom is -0.469 e. The van der Waals surface area contributed by atoms with Crippen LogP contribution in [0.5, 0.6) is 0 Å². The van der Waals surface area contributed by atoms with E-state index in [0.29, 0.717) is 32.4 Å². The fourth-order valence-electron chi connectivity index (χ4n) is 2.46. The van der Waals surface area contributed by atoms with Crippen LogP contribution in [0.2, 0.25) is 0 Å². The van der Waals surface area contributed by atoms with Crippen LogP contribution < -0.4 is 0 Å². The van der Waals surface area contributed by atoms with Crippen LogP contribution in [0.25, 0.3) is 0 Å². The maximum Gasteiger partial charge on any atom is 0.308 e. The lowest BCUT2D eigenvalue weighted by atomic mass is 9.97. The van der Waals surface area contributed by atoms with Crippen molar-refractivity contribution in [1.29, 1.82) is 0 Å². The molecule has 1 aliphatic heterocycles. The van der Waals surface area contributed by atoms with E-state index in [9.17, 15) is 9.59 Å². The Morgan fingerprint density at radius 2 is 1.90 bits per heavy atom. The number of nitrogens with zero attached hydrogens (tertiary/aromatic N) is 1. The van der Waals surface area contributed by atoms with Gasteiger partial charge in [0.1, 0.15) is 0 Å². The highest BCUT2D eigenvalue weighted by Crippen LogP contribution is 2.21. The summed E-state index contributed by atoms with van der Waals surface area (Å²) in [5.74, 6) is 0.779. The third-order valence-electron chi connectivity index (χ3n) is 3.71. The summed E-state index contributed by atoms with van der Waals surface area (Å²) in [6, 6.07) is 10.1. The number of carbonyl (C=O) groups is 2. The van der Waals surface area contributed by atoms with Gasteiger partial charge in [-0.1, -0.05) is 18.2 Å². The molecule has 4 nitrogen and oxygen atoms in total. The molecule has 0 atom stereocenters. The summed E-state index contributed by atoms with van der Waals surface area (Å²) in [6.07, 6.45) is 1.97. The number of rotatable bonds is 5. The van der Waals surface area contributed by atoms with Gasteiger partial charge in [0.2, 0.25) is 5.91 Å². The molecule has 0 spiro atoms. The summed E-state index contributed by atoms with van der Waals surface area (Å²) in [7, 11) is 1.42. The standard InChI is InChI=1S/C16H21NO3S/c1-20-16(19)13-7-10-17(11-8-13)15(18)9-12-21-14-5-3-2-4-6-14/h2-6,13H,7-12H2,1H3. The van der Waals surface area contributed by atoms with Crippen molar-refractivity contribution in [3.05, 3.63) is 30.3 Å². The van der Waals surface area contributed by atoms with Crippen molar-refractivity contribution in [2.45, 2.75) is 24.2 Å². The van der Waals surface area contributed by atoms with E-state index in [1.807, 2.05) is 23.1 Å². The molecule has 0 bridgehead atoms. The quantitative estimate of drug-likeness (QED) is 0.619. The molecule has 0 N–H and O–H groups in total. The molecular formula is C16H21NO3S. The normalized spacial score (nSPS) is 15.8. The third-order valence-corrected chi connectivity index (χ3v) is 4.72. The summed E-state index contributed by atoms with van der Waals surface area (Å²) in [6.45, 7) is 1.32. The molecule has 1 heterocycles. The molecule has 1 aliphatic rings. The Balaban J connectivity index is 1.69. The monoisotopic (exact) mass is 307 g/mol. The number of carbonyl (C=O) groups excluding carboxylic acids is 2. The van der Waals surface area contributed by atoms with Gasteiger partial charge in [0, 0.05) is 30.2 Å². The number of thioether (sulfide) groups is 1. The molecule has 0 unspecified atom stereocenters. The number of hydrogen-bond acceptors (Lipinski definition) is 4. The molecular weight excluding hydrogens is 286 g/mol. The molecule has 0 radical (unpaired) electrons. The summed E-state index contributed by atoms with van der Waals surface area (Å²) < 4.78 is 4.75. The van der Waals surface area contributed by atoms with E-state index in [2.05, 4.69) is 12.1 Å². The number of benzene rings is 1. The number of piperidine rings is 1. The largest absolute Gasteiger partial charge is 0.469 e. The van der Waals surface area contributed by atoms with E-state index in [1.54, 1.807) is 11.8 Å². The molecule has 5 heteroatoms. The highest BCUT2D eigenvalue weighted by molar-refractivity contribution is 7.99. The molecule has 0 aromatic heterocycles. The lowest BCUT2D eigenvalue weighted by molar-refractivity contribution is -0.148. The van der Waals surface area contributed by atoms with Crippen molar-refractivity contribution in [3.63, 3.8) is 0 Å². The van der Waals surface area contributed by atoms with Gasteiger partial charge in [0.05, 0.1) is 13.0 Å². The smallest absolute Gasteiger partial charge is 0.308 e. The van der Waals surface area contributed by atoms with Crippen molar-refractivity contribution in [1.82, 2.24) is 4.90 Å². The summed E-state index contributed by atoms with van der Waals surface area (Å²) in [4.78, 5) is 26.6. The topological polar surface area (TPSA) is 46.6 Å². The van der Waals surface area contributed by atoms with E-state index >= 15 is 0 Å². The first-order chi connectivity index (χ1) is 10.2. The van der Waals surface area contributed by atoms with Crippen LogP contribution in [0.3, 0.4) is 0 Å². The Labute approximate surface area is 129 Å². The van der Waals surface area contributed by atoms with Gasteiger partial charge >= 0.3 is 5.97 Å². The highest BCUT2D eigenvalue weighted by atomic mass is 32.2. The molecule has 1 saturated heterocycles. The Morgan fingerprint density at radius 3 is 2.52 bits per heavy atom. The molecule has 21 heavy (non-hydrogen) atoms. The minimum absolute atomic E-state index is 0.0438. The second-order valence-corrected chi connectivity index (χ2v) is 6.26. The number of likely N-dealkylation sites (tertiary alicyclic amines) is 1. The molecule has 1 amide bonds. The Kier molecular flexibility index (Phi) is 6.11. The second-order valence-electron chi connectivity index (χ2n) is 5.09. The number of esters is 1. The zero-order valence-corrected chi connectivity index (χ0v) is 13.1. The molecule has 1 aromatic carbocycles. The molecule has 0 saturated carbocycles. The van der Waals surface area contributed by atoms with Crippen molar-refractivity contribution >= 4 is 23.6 Å². The molecule has 2 rings (SSSR count). The highest BCUT2D eigenvalue weighted by Gasteiger charge is 2.27. The van der Waals surface area contributed by atoms with E-state index in [0.717, 1.165) is 5.75 Å². The van der Waals surface area contributed by atoms with Gasteiger partial charge in [0.15, 0.2) is 0 Å². The summed E-state index contributed by atoms with van der Waals surface area (Å²) in [5.41, 5.74) is 0. The zero-order valence-electron chi connectivity index (χ0n) is 12.3. The van der Waals surface area contributed by atoms with Crippen molar-refractivity contribution in [3.8, 4) is 0 Å². The van der Waals surface area contributed by atoms with Crippen molar-refractivity contribution in [2.75, 3.05) is 26.0 Å². The van der Waals surface area contributed by atoms with Gasteiger partial charge < -0.3 is 9.64 Å². The molecule has 1 fully saturated rings. The Morgan fingerprint density at radius 1 is 1.24 bits per heavy atom. The molecule has 114 valence electrons. The van der Waals surface area contributed by atoms with E-state index in [-0.39, 0.29) is 17.8 Å². The van der Waals surface area contributed by atoms with E-state index in [4.69, 9.17) is 4.74 Å². The third kappa shape index (κ3) is 4.77. The maximum atomic E-state index is 12.1. The molecule has 0 aliphatic carbocycles. The van der Waals surface area contributed by atoms with E-state index in [1.165, 1.54) is 12.0 Å². The number of hydrogen-bond donors (Lipinski definition) is 0. The molecule has 1 aromatic rings. The second kappa shape index (κ2) is 8.08. The summed E-state index contributed by atoms with van der Waals surface area (Å²) >= 11 is 1.70.